The van der Waals surface area contributed by atoms with Gasteiger partial charge in [0.05, 0.1) is 10.7 Å². The number of nitrogens with zero attached hydrogens (tertiary/aromatic N) is 1. The summed E-state index contributed by atoms with van der Waals surface area (Å²) >= 11 is 4.87. The first-order valence-corrected chi connectivity index (χ1v) is 7.49. The molecule has 0 saturated carbocycles. The number of halogens is 1. The summed E-state index contributed by atoms with van der Waals surface area (Å²) in [7, 11) is 0. The molecule has 0 spiro atoms. The molecule has 0 saturated heterocycles. The fraction of sp³-hybridized carbons (Fsp3) is 0.231. The van der Waals surface area contributed by atoms with Crippen LogP contribution < -0.4 is 11.1 Å². The Labute approximate surface area is 124 Å². The molecular weight excluding hydrogens is 326 g/mol. The monoisotopic (exact) mass is 339 g/mol. The molecule has 0 aliphatic carbocycles. The van der Waals surface area contributed by atoms with Crippen LogP contribution in [0.25, 0.3) is 0 Å². The lowest BCUT2D eigenvalue weighted by atomic mass is 10.2. The van der Waals surface area contributed by atoms with Crippen molar-refractivity contribution < 1.29 is 4.79 Å². The van der Waals surface area contributed by atoms with Crippen LogP contribution in [0.5, 0.6) is 0 Å². The topological polar surface area (TPSA) is 68.0 Å². The van der Waals surface area contributed by atoms with Gasteiger partial charge in [0.1, 0.15) is 5.69 Å². The van der Waals surface area contributed by atoms with Crippen LogP contribution in [-0.4, -0.2) is 17.4 Å². The molecule has 1 aromatic heterocycles. The Morgan fingerprint density at radius 3 is 3.05 bits per heavy atom. The Morgan fingerprint density at radius 1 is 1.53 bits per heavy atom. The highest BCUT2D eigenvalue weighted by atomic mass is 79.9. The van der Waals surface area contributed by atoms with E-state index in [2.05, 4.69) is 26.2 Å². The molecule has 4 nitrogen and oxygen atoms in total. The van der Waals surface area contributed by atoms with Gasteiger partial charge < -0.3 is 11.1 Å². The maximum Gasteiger partial charge on any atom is 0.275 e. The number of carbonyl (C=O) groups excluding carboxylic acids is 1. The normalized spacial score (nSPS) is 10.5. The maximum atomic E-state index is 12.1. The third-order valence-corrected chi connectivity index (χ3v) is 4.11. The number of rotatable bonds is 4. The first-order chi connectivity index (χ1) is 9.10. The van der Waals surface area contributed by atoms with Crippen LogP contribution in [-0.2, 0) is 6.42 Å². The molecule has 0 atom stereocenters. The average Bonchev–Trinajstić information content (AvgIpc) is 2.83. The zero-order valence-corrected chi connectivity index (χ0v) is 12.8. The highest BCUT2D eigenvalue weighted by molar-refractivity contribution is 9.10. The minimum absolute atomic E-state index is 0.203. The fourth-order valence-electron chi connectivity index (χ4n) is 1.57. The number of anilines is 1. The zero-order valence-electron chi connectivity index (χ0n) is 10.4. The number of thiazole rings is 1. The van der Waals surface area contributed by atoms with Gasteiger partial charge in [0.25, 0.3) is 5.91 Å². The lowest BCUT2D eigenvalue weighted by Gasteiger charge is -2.06. The SMILES string of the molecule is Cc1ccc(Br)c(NC(=O)c2csc(CCN)n2)c1. The summed E-state index contributed by atoms with van der Waals surface area (Å²) in [4.78, 5) is 16.3. The van der Waals surface area contributed by atoms with Gasteiger partial charge >= 0.3 is 0 Å². The maximum absolute atomic E-state index is 12.1. The van der Waals surface area contributed by atoms with Gasteiger partial charge in [-0.15, -0.1) is 11.3 Å². The van der Waals surface area contributed by atoms with Gasteiger partial charge in [-0.2, -0.15) is 0 Å². The number of nitrogens with two attached hydrogens (primary N) is 1. The van der Waals surface area contributed by atoms with Crippen LogP contribution in [0.4, 0.5) is 5.69 Å². The molecule has 1 amide bonds. The number of carbonyl (C=O) groups is 1. The first kappa shape index (κ1) is 14.2. The van der Waals surface area contributed by atoms with Crippen molar-refractivity contribution in [1.29, 1.82) is 0 Å². The van der Waals surface area contributed by atoms with Crippen molar-refractivity contribution in [2.45, 2.75) is 13.3 Å². The molecule has 1 aromatic carbocycles. The third kappa shape index (κ3) is 3.62. The van der Waals surface area contributed by atoms with Gasteiger partial charge in [-0.3, -0.25) is 4.79 Å². The summed E-state index contributed by atoms with van der Waals surface area (Å²) in [6, 6.07) is 5.79. The van der Waals surface area contributed by atoms with E-state index in [-0.39, 0.29) is 5.91 Å². The summed E-state index contributed by atoms with van der Waals surface area (Å²) in [5.41, 5.74) is 7.73. The minimum Gasteiger partial charge on any atom is -0.330 e. The molecule has 0 bridgehead atoms. The van der Waals surface area contributed by atoms with Gasteiger partial charge in [-0.25, -0.2) is 4.98 Å². The molecular formula is C13H14BrN3OS. The second-order valence-corrected chi connectivity index (χ2v) is 5.90. The Bertz CT molecular complexity index is 597. The lowest BCUT2D eigenvalue weighted by Crippen LogP contribution is -2.13. The van der Waals surface area contributed by atoms with E-state index in [4.69, 9.17) is 5.73 Å². The van der Waals surface area contributed by atoms with E-state index in [9.17, 15) is 4.79 Å². The molecule has 6 heteroatoms. The molecule has 0 aliphatic heterocycles. The fourth-order valence-corrected chi connectivity index (χ4v) is 2.71. The number of benzene rings is 1. The third-order valence-electron chi connectivity index (χ3n) is 2.51. The standard InChI is InChI=1S/C13H14BrN3OS/c1-8-2-3-9(14)10(6-8)17-13(18)11-7-19-12(16-11)4-5-15/h2-3,6-7H,4-5,15H2,1H3,(H,17,18). The summed E-state index contributed by atoms with van der Waals surface area (Å²) in [6.07, 6.45) is 0.700. The van der Waals surface area contributed by atoms with Crippen molar-refractivity contribution in [2.24, 2.45) is 5.73 Å². The van der Waals surface area contributed by atoms with E-state index >= 15 is 0 Å². The molecule has 0 aliphatic rings. The number of aryl methyl sites for hydroxylation is 1. The number of hydrogen-bond donors (Lipinski definition) is 2. The second kappa shape index (κ2) is 6.27. The van der Waals surface area contributed by atoms with Gasteiger partial charge in [-0.1, -0.05) is 6.07 Å². The molecule has 19 heavy (non-hydrogen) atoms. The molecule has 1 heterocycles. The molecule has 0 fully saturated rings. The minimum atomic E-state index is -0.203. The van der Waals surface area contributed by atoms with E-state index < -0.39 is 0 Å². The van der Waals surface area contributed by atoms with Crippen molar-refractivity contribution in [3.05, 3.63) is 44.3 Å². The van der Waals surface area contributed by atoms with Crippen LogP contribution >= 0.6 is 27.3 Å². The van der Waals surface area contributed by atoms with Crippen molar-refractivity contribution in [3.63, 3.8) is 0 Å². The second-order valence-electron chi connectivity index (χ2n) is 4.10. The highest BCUT2D eigenvalue weighted by Crippen LogP contribution is 2.24. The van der Waals surface area contributed by atoms with Crippen molar-refractivity contribution in [3.8, 4) is 0 Å². The van der Waals surface area contributed by atoms with E-state index in [0.29, 0.717) is 18.7 Å². The summed E-state index contributed by atoms with van der Waals surface area (Å²) in [5.74, 6) is -0.203. The Balaban J connectivity index is 2.13. The molecule has 2 rings (SSSR count). The van der Waals surface area contributed by atoms with Crippen molar-refractivity contribution in [1.82, 2.24) is 4.98 Å². The zero-order chi connectivity index (χ0) is 13.8. The summed E-state index contributed by atoms with van der Waals surface area (Å²) < 4.78 is 0.851. The summed E-state index contributed by atoms with van der Waals surface area (Å²) in [6.45, 7) is 2.52. The smallest absolute Gasteiger partial charge is 0.275 e. The van der Waals surface area contributed by atoms with E-state index in [1.807, 2.05) is 25.1 Å². The van der Waals surface area contributed by atoms with Gasteiger partial charge in [0.15, 0.2) is 0 Å². The van der Waals surface area contributed by atoms with Gasteiger partial charge in [-0.05, 0) is 47.1 Å². The molecule has 2 aromatic rings. The Kier molecular flexibility index (Phi) is 4.68. The van der Waals surface area contributed by atoms with Crippen LogP contribution in [0.15, 0.2) is 28.1 Å². The van der Waals surface area contributed by atoms with Crippen molar-refractivity contribution in [2.75, 3.05) is 11.9 Å². The number of nitrogens with one attached hydrogen (secondary N) is 1. The Morgan fingerprint density at radius 2 is 2.32 bits per heavy atom. The highest BCUT2D eigenvalue weighted by Gasteiger charge is 2.12. The van der Waals surface area contributed by atoms with Crippen LogP contribution in [0.3, 0.4) is 0 Å². The quantitative estimate of drug-likeness (QED) is 0.899. The number of amides is 1. The van der Waals surface area contributed by atoms with Gasteiger partial charge in [0, 0.05) is 16.3 Å². The lowest BCUT2D eigenvalue weighted by molar-refractivity contribution is 0.102. The molecule has 3 N–H and O–H groups in total. The summed E-state index contributed by atoms with van der Waals surface area (Å²) in [5, 5.41) is 5.49. The predicted molar refractivity (Wildman–Crippen MR) is 81.7 cm³/mol. The van der Waals surface area contributed by atoms with Crippen molar-refractivity contribution >= 4 is 38.9 Å². The Hall–Kier alpha value is -1.24. The van der Waals surface area contributed by atoms with E-state index in [1.165, 1.54) is 11.3 Å². The first-order valence-electron chi connectivity index (χ1n) is 5.82. The van der Waals surface area contributed by atoms with Crippen LogP contribution in [0, 0.1) is 6.92 Å². The average molecular weight is 340 g/mol. The predicted octanol–water partition coefficient (Wildman–Crippen LogP) is 2.97. The van der Waals surface area contributed by atoms with Gasteiger partial charge in [0.2, 0.25) is 0 Å². The van der Waals surface area contributed by atoms with Crippen LogP contribution in [0.2, 0.25) is 0 Å². The molecule has 0 radical (unpaired) electrons. The number of hydrogen-bond acceptors (Lipinski definition) is 4. The number of aromatic nitrogens is 1. The molecule has 0 unspecified atom stereocenters. The van der Waals surface area contributed by atoms with E-state index in [0.717, 1.165) is 20.7 Å². The van der Waals surface area contributed by atoms with Crippen LogP contribution in [0.1, 0.15) is 21.1 Å². The van der Waals surface area contributed by atoms with E-state index in [1.54, 1.807) is 5.38 Å². The molecule has 100 valence electrons. The largest absolute Gasteiger partial charge is 0.330 e.